The number of H-pyrrole nitrogens is 1. The second-order valence-electron chi connectivity index (χ2n) is 8.40. The highest BCUT2D eigenvalue weighted by Crippen LogP contribution is 2.43. The molecule has 1 atom stereocenters. The summed E-state index contributed by atoms with van der Waals surface area (Å²) >= 11 is 0. The minimum Gasteiger partial charge on any atom is -0.353 e. The largest absolute Gasteiger partial charge is 0.353 e. The number of aromatic amines is 1. The van der Waals surface area contributed by atoms with Crippen LogP contribution in [0.25, 0.3) is 11.2 Å². The summed E-state index contributed by atoms with van der Waals surface area (Å²) in [6.07, 6.45) is 4.37. The summed E-state index contributed by atoms with van der Waals surface area (Å²) in [5, 5.41) is 9.83. The number of hydrogen-bond donors (Lipinski definition) is 3. The van der Waals surface area contributed by atoms with Crippen molar-refractivity contribution in [3.05, 3.63) is 59.8 Å². The highest BCUT2D eigenvalue weighted by molar-refractivity contribution is 6.02. The number of carbonyl (C=O) groups excluding carboxylic acids is 1. The zero-order valence-electron chi connectivity index (χ0n) is 18.1. The molecule has 176 valence electrons. The van der Waals surface area contributed by atoms with E-state index < -0.39 is 23.6 Å². The molecule has 1 saturated carbocycles. The smallest absolute Gasteiger partial charge is 0.272 e. The van der Waals surface area contributed by atoms with Gasteiger partial charge in [0.2, 0.25) is 5.92 Å². The predicted octanol–water partition coefficient (Wildman–Crippen LogP) is 3.80. The number of alkyl halides is 2. The van der Waals surface area contributed by atoms with E-state index in [4.69, 9.17) is 0 Å². The van der Waals surface area contributed by atoms with Gasteiger partial charge in [0.1, 0.15) is 23.5 Å². The molecule has 0 saturated heterocycles. The van der Waals surface area contributed by atoms with Gasteiger partial charge in [0.25, 0.3) is 5.91 Å². The summed E-state index contributed by atoms with van der Waals surface area (Å²) in [7, 11) is 1.77. The maximum atomic E-state index is 14.1. The Hall–Kier alpha value is -3.96. The molecule has 9 nitrogen and oxygen atoms in total. The summed E-state index contributed by atoms with van der Waals surface area (Å²) in [6.45, 7) is 0.0413. The fourth-order valence-corrected chi connectivity index (χ4v) is 4.14. The number of benzene rings is 1. The monoisotopic (exact) mass is 470 g/mol. The van der Waals surface area contributed by atoms with E-state index >= 15 is 0 Å². The lowest BCUT2D eigenvalue weighted by Crippen LogP contribution is -2.24. The Morgan fingerprint density at radius 1 is 1.26 bits per heavy atom. The molecule has 3 N–H and O–H groups in total. The van der Waals surface area contributed by atoms with Crippen molar-refractivity contribution >= 4 is 28.4 Å². The Balaban J connectivity index is 1.31. The van der Waals surface area contributed by atoms with Crippen LogP contribution in [0, 0.1) is 5.82 Å². The first-order valence-corrected chi connectivity index (χ1v) is 10.7. The van der Waals surface area contributed by atoms with Crippen molar-refractivity contribution in [2.75, 3.05) is 5.32 Å². The third-order valence-electron chi connectivity index (χ3n) is 5.72. The third-order valence-corrected chi connectivity index (χ3v) is 5.72. The van der Waals surface area contributed by atoms with Gasteiger partial charge in [-0.3, -0.25) is 9.48 Å². The number of halogens is 3. The zero-order chi connectivity index (χ0) is 23.9. The van der Waals surface area contributed by atoms with E-state index in [-0.39, 0.29) is 36.2 Å². The van der Waals surface area contributed by atoms with Gasteiger partial charge in [0, 0.05) is 44.2 Å². The van der Waals surface area contributed by atoms with Gasteiger partial charge < -0.3 is 15.6 Å². The summed E-state index contributed by atoms with van der Waals surface area (Å²) < 4.78 is 43.0. The fourth-order valence-electron chi connectivity index (χ4n) is 4.14. The van der Waals surface area contributed by atoms with Gasteiger partial charge >= 0.3 is 0 Å². The highest BCUT2D eigenvalue weighted by atomic mass is 19.3. The lowest BCUT2D eigenvalue weighted by molar-refractivity contribution is 0.00755. The molecule has 5 rings (SSSR count). The van der Waals surface area contributed by atoms with Crippen LogP contribution in [-0.4, -0.2) is 41.5 Å². The first-order chi connectivity index (χ1) is 16.3. The number of amides is 1. The van der Waals surface area contributed by atoms with Crippen LogP contribution < -0.4 is 10.6 Å². The average molecular weight is 470 g/mol. The molecule has 0 radical (unpaired) electrons. The van der Waals surface area contributed by atoms with Crippen LogP contribution >= 0.6 is 0 Å². The van der Waals surface area contributed by atoms with E-state index in [1.807, 2.05) is 0 Å². The number of aromatic nitrogens is 6. The molecule has 1 aliphatic carbocycles. The molecular formula is C22H21F3N8O. The number of aryl methyl sites for hydroxylation is 1. The second-order valence-corrected chi connectivity index (χ2v) is 8.40. The van der Waals surface area contributed by atoms with Crippen LogP contribution in [0.15, 0.2) is 36.9 Å². The predicted molar refractivity (Wildman–Crippen MR) is 117 cm³/mol. The summed E-state index contributed by atoms with van der Waals surface area (Å²) in [5.41, 5.74) is 2.29. The summed E-state index contributed by atoms with van der Waals surface area (Å²) in [4.78, 5) is 28.2. The van der Waals surface area contributed by atoms with Crippen molar-refractivity contribution in [3.8, 4) is 0 Å². The second kappa shape index (κ2) is 8.43. The quantitative estimate of drug-likeness (QED) is 0.395. The SMILES string of the molecule is Cn1cc(Nc2cc(F)cc(CNC(=O)c3ncnc4nc(C5CCC(F)(F)C5)[nH]c34)c2)cn1. The van der Waals surface area contributed by atoms with Crippen LogP contribution in [0.5, 0.6) is 0 Å². The first kappa shape index (κ1) is 21.9. The van der Waals surface area contributed by atoms with Gasteiger partial charge in [-0.2, -0.15) is 5.10 Å². The minimum atomic E-state index is -2.72. The third kappa shape index (κ3) is 4.56. The molecule has 0 aliphatic heterocycles. The van der Waals surface area contributed by atoms with Crippen molar-refractivity contribution in [1.29, 1.82) is 0 Å². The Bertz CT molecular complexity index is 1370. The van der Waals surface area contributed by atoms with E-state index in [1.54, 1.807) is 30.2 Å². The Kier molecular flexibility index (Phi) is 5.42. The lowest BCUT2D eigenvalue weighted by atomic mass is 10.1. The van der Waals surface area contributed by atoms with Crippen molar-refractivity contribution in [2.45, 2.75) is 37.6 Å². The summed E-state index contributed by atoms with van der Waals surface area (Å²) in [6, 6.07) is 4.37. The highest BCUT2D eigenvalue weighted by Gasteiger charge is 2.41. The van der Waals surface area contributed by atoms with Crippen LogP contribution in [0.4, 0.5) is 24.5 Å². The van der Waals surface area contributed by atoms with Crippen LogP contribution in [0.1, 0.15) is 47.1 Å². The molecule has 4 aromatic rings. The Morgan fingerprint density at radius 3 is 2.85 bits per heavy atom. The minimum absolute atomic E-state index is 0.0404. The maximum Gasteiger partial charge on any atom is 0.272 e. The molecule has 1 fully saturated rings. The van der Waals surface area contributed by atoms with E-state index in [2.05, 4.69) is 35.7 Å². The molecule has 3 heterocycles. The number of nitrogens with zero attached hydrogens (tertiary/aromatic N) is 5. The molecule has 0 bridgehead atoms. The number of imidazole rings is 1. The molecule has 1 unspecified atom stereocenters. The van der Waals surface area contributed by atoms with Gasteiger partial charge in [-0.25, -0.2) is 28.1 Å². The van der Waals surface area contributed by atoms with Crippen LogP contribution in [0.3, 0.4) is 0 Å². The van der Waals surface area contributed by atoms with Gasteiger partial charge in [0.05, 0.1) is 11.9 Å². The molecule has 0 spiro atoms. The van der Waals surface area contributed by atoms with Gasteiger partial charge in [0.15, 0.2) is 11.3 Å². The molecular weight excluding hydrogens is 449 g/mol. The van der Waals surface area contributed by atoms with E-state index in [1.165, 1.54) is 18.5 Å². The van der Waals surface area contributed by atoms with Crippen molar-refractivity contribution in [2.24, 2.45) is 7.05 Å². The normalized spacial score (nSPS) is 17.2. The topological polar surface area (TPSA) is 113 Å². The average Bonchev–Trinajstić information content (AvgIpc) is 3.49. The van der Waals surface area contributed by atoms with E-state index in [0.717, 1.165) is 0 Å². The Morgan fingerprint density at radius 2 is 2.12 bits per heavy atom. The fraction of sp³-hybridized carbons (Fsp3) is 0.318. The number of nitrogens with one attached hydrogen (secondary N) is 3. The van der Waals surface area contributed by atoms with Gasteiger partial charge in [-0.05, 0) is 30.2 Å². The number of rotatable bonds is 6. The standard InChI is InChI=1S/C22H21F3N8O/c1-33-10-16(9-29-33)30-15-5-12(4-14(23)6-15)8-26-21(34)18-17-20(28-11-27-18)32-19(31-17)13-2-3-22(24,25)7-13/h4-6,9-11,13,30H,2-3,7-8H2,1H3,(H,26,34)(H,27,28,31,32). The maximum absolute atomic E-state index is 14.1. The first-order valence-electron chi connectivity index (χ1n) is 10.7. The molecule has 34 heavy (non-hydrogen) atoms. The summed E-state index contributed by atoms with van der Waals surface area (Å²) in [5.74, 6) is -3.76. The van der Waals surface area contributed by atoms with Gasteiger partial charge in [-0.15, -0.1) is 0 Å². The number of anilines is 2. The van der Waals surface area contributed by atoms with Gasteiger partial charge in [-0.1, -0.05) is 0 Å². The van der Waals surface area contributed by atoms with Crippen LogP contribution in [-0.2, 0) is 13.6 Å². The zero-order valence-corrected chi connectivity index (χ0v) is 18.1. The van der Waals surface area contributed by atoms with Crippen molar-refractivity contribution in [1.82, 2.24) is 35.0 Å². The van der Waals surface area contributed by atoms with Crippen molar-refractivity contribution in [3.63, 3.8) is 0 Å². The molecule has 1 aromatic carbocycles. The number of hydrogen-bond acceptors (Lipinski definition) is 6. The number of carbonyl (C=O) groups is 1. The Labute approximate surface area is 191 Å². The van der Waals surface area contributed by atoms with E-state index in [0.29, 0.717) is 29.2 Å². The van der Waals surface area contributed by atoms with E-state index in [9.17, 15) is 18.0 Å². The van der Waals surface area contributed by atoms with Crippen LogP contribution in [0.2, 0.25) is 0 Å². The molecule has 12 heteroatoms. The lowest BCUT2D eigenvalue weighted by Gasteiger charge is -2.09. The molecule has 1 amide bonds. The number of fused-ring (bicyclic) bond motifs is 1. The molecule has 1 aliphatic rings. The molecule has 3 aromatic heterocycles. The van der Waals surface area contributed by atoms with Crippen molar-refractivity contribution < 1.29 is 18.0 Å².